The summed E-state index contributed by atoms with van der Waals surface area (Å²) in [5.41, 5.74) is -5.95. The Bertz CT molecular complexity index is 1510. The third-order valence-electron chi connectivity index (χ3n) is 9.07. The molecule has 6 atom stereocenters. The molecular formula is C33H35FN2O7. The third-order valence-corrected chi connectivity index (χ3v) is 9.07. The first-order valence-corrected chi connectivity index (χ1v) is 14.5. The molecule has 0 radical (unpaired) electrons. The summed E-state index contributed by atoms with van der Waals surface area (Å²) in [5.74, 6) is -2.54. The van der Waals surface area contributed by atoms with Crippen LogP contribution in [0.2, 0.25) is 0 Å². The second kappa shape index (κ2) is 10.5. The minimum atomic E-state index is -2.20. The Morgan fingerprint density at radius 2 is 1.63 bits per heavy atom. The van der Waals surface area contributed by atoms with Crippen LogP contribution in [0.1, 0.15) is 44.2 Å². The van der Waals surface area contributed by atoms with Crippen LogP contribution in [0.5, 0.6) is 0 Å². The molecule has 3 fully saturated rings. The van der Waals surface area contributed by atoms with Crippen LogP contribution in [-0.2, 0) is 30.4 Å². The van der Waals surface area contributed by atoms with Gasteiger partial charge in [0.25, 0.3) is 5.91 Å². The molecule has 226 valence electrons. The highest BCUT2D eigenvalue weighted by Crippen LogP contribution is 2.77. The molecule has 1 amide bonds. The number of aliphatic hydroxyl groups excluding tert-OH is 1. The molecule has 0 aliphatic carbocycles. The fourth-order valence-electron chi connectivity index (χ4n) is 7.39. The molecule has 0 aromatic heterocycles. The summed E-state index contributed by atoms with van der Waals surface area (Å²) in [6.45, 7) is 4.09. The molecule has 3 aromatic carbocycles. The van der Waals surface area contributed by atoms with Crippen LogP contribution in [0.25, 0.3) is 0 Å². The third kappa shape index (κ3) is 4.08. The maximum Gasteiger partial charge on any atom is 0.305 e. The average molecular weight is 591 g/mol. The number of benzene rings is 3. The SMILES string of the molecule is CC(C)C12OC1(C(=O)Nc1ccccc1)C(O)(c1ccccc1)C1(c3ccc(F)cc3)OC(CC(O)CC(=O)O)CCN12. The van der Waals surface area contributed by atoms with E-state index in [9.17, 15) is 29.3 Å². The van der Waals surface area contributed by atoms with E-state index >= 15 is 0 Å². The van der Waals surface area contributed by atoms with Gasteiger partial charge in [0.1, 0.15) is 5.82 Å². The number of hydrogen-bond donors (Lipinski definition) is 4. The number of aliphatic hydroxyl groups is 2. The zero-order valence-corrected chi connectivity index (χ0v) is 23.9. The van der Waals surface area contributed by atoms with Crippen molar-refractivity contribution in [2.24, 2.45) is 5.92 Å². The van der Waals surface area contributed by atoms with Crippen LogP contribution in [0.15, 0.2) is 84.9 Å². The van der Waals surface area contributed by atoms with Crippen molar-refractivity contribution in [2.45, 2.75) is 68.0 Å². The molecule has 3 aliphatic rings. The molecule has 6 unspecified atom stereocenters. The molecule has 10 heteroatoms. The Labute approximate surface area is 248 Å². The average Bonchev–Trinajstić information content (AvgIpc) is 3.67. The lowest BCUT2D eigenvalue weighted by Gasteiger charge is -2.55. The number of halogens is 1. The van der Waals surface area contributed by atoms with Crippen molar-refractivity contribution in [3.05, 3.63) is 102 Å². The van der Waals surface area contributed by atoms with Crippen molar-refractivity contribution >= 4 is 17.6 Å². The zero-order chi connectivity index (χ0) is 30.6. The number of carboxylic acids is 1. The van der Waals surface area contributed by atoms with Crippen LogP contribution >= 0.6 is 0 Å². The lowest BCUT2D eigenvalue weighted by atomic mass is 9.70. The van der Waals surface area contributed by atoms with Gasteiger partial charge in [0.05, 0.1) is 18.6 Å². The number of aliphatic carboxylic acids is 1. The number of hydrogen-bond acceptors (Lipinski definition) is 7. The van der Waals surface area contributed by atoms with Gasteiger partial charge in [0, 0.05) is 24.2 Å². The molecule has 0 spiro atoms. The molecule has 3 saturated heterocycles. The molecule has 9 nitrogen and oxygen atoms in total. The van der Waals surface area contributed by atoms with Crippen molar-refractivity contribution in [1.29, 1.82) is 0 Å². The molecular weight excluding hydrogens is 555 g/mol. The molecule has 43 heavy (non-hydrogen) atoms. The summed E-state index contributed by atoms with van der Waals surface area (Å²) in [7, 11) is 0. The van der Waals surface area contributed by atoms with Crippen molar-refractivity contribution in [2.75, 3.05) is 11.9 Å². The minimum Gasteiger partial charge on any atom is -0.481 e. The van der Waals surface area contributed by atoms with Crippen molar-refractivity contribution in [3.63, 3.8) is 0 Å². The van der Waals surface area contributed by atoms with Crippen LogP contribution < -0.4 is 5.32 Å². The summed E-state index contributed by atoms with van der Waals surface area (Å²) in [5, 5.41) is 36.2. The van der Waals surface area contributed by atoms with Crippen LogP contribution in [0, 0.1) is 11.7 Å². The molecule has 3 aliphatic heterocycles. The Hall–Kier alpha value is -3.67. The molecule has 3 heterocycles. The number of carbonyl (C=O) groups excluding carboxylic acids is 1. The summed E-state index contributed by atoms with van der Waals surface area (Å²) in [6.07, 6.45) is -2.04. The minimum absolute atomic E-state index is 0.0211. The number of carboxylic acid groups (broad SMARTS) is 1. The number of ether oxygens (including phenoxy) is 2. The largest absolute Gasteiger partial charge is 0.481 e. The maximum absolute atomic E-state index is 14.6. The number of rotatable bonds is 9. The standard InChI is InChI=1S/C33H35FN2O7/c1-21(2)32-31(43-32,29(40)35-25-11-7-4-8-12-25)30(41,22-9-5-3-6-10-22)33(23-13-15-24(34)16-14-23)36(32)18-17-27(42-33)19-26(37)20-28(38)39/h3-16,21,26-27,37,41H,17-20H2,1-2H3,(H,35,40)(H,38,39). The molecule has 4 N–H and O–H groups in total. The van der Waals surface area contributed by atoms with Gasteiger partial charge in [-0.05, 0) is 42.2 Å². The van der Waals surface area contributed by atoms with E-state index in [4.69, 9.17) is 9.47 Å². The highest BCUT2D eigenvalue weighted by Gasteiger charge is 2.98. The van der Waals surface area contributed by atoms with E-state index in [2.05, 4.69) is 5.32 Å². The number of carbonyl (C=O) groups is 2. The van der Waals surface area contributed by atoms with Gasteiger partial charge >= 0.3 is 5.97 Å². The number of nitrogens with zero attached hydrogens (tertiary/aromatic N) is 1. The van der Waals surface area contributed by atoms with Gasteiger partial charge < -0.3 is 30.1 Å². The number of nitrogens with one attached hydrogen (secondary N) is 1. The first-order valence-electron chi connectivity index (χ1n) is 14.5. The Balaban J connectivity index is 1.59. The number of amides is 1. The fraction of sp³-hybridized carbons (Fsp3) is 0.394. The Kier molecular flexibility index (Phi) is 7.18. The van der Waals surface area contributed by atoms with E-state index in [0.29, 0.717) is 23.2 Å². The van der Waals surface area contributed by atoms with E-state index in [0.717, 1.165) is 0 Å². The molecule has 0 bridgehead atoms. The summed E-state index contributed by atoms with van der Waals surface area (Å²) in [4.78, 5) is 27.8. The number of para-hydroxylation sites is 1. The molecule has 6 rings (SSSR count). The van der Waals surface area contributed by atoms with Crippen LogP contribution in [-0.4, -0.2) is 62.2 Å². The van der Waals surface area contributed by atoms with Crippen molar-refractivity contribution in [1.82, 2.24) is 4.90 Å². The van der Waals surface area contributed by atoms with Crippen LogP contribution in [0.4, 0.5) is 10.1 Å². The second-order valence-electron chi connectivity index (χ2n) is 11.8. The monoisotopic (exact) mass is 590 g/mol. The van der Waals surface area contributed by atoms with E-state index in [1.54, 1.807) is 54.6 Å². The molecule has 3 aromatic rings. The zero-order valence-electron chi connectivity index (χ0n) is 23.9. The number of fused-ring (bicyclic) bond motifs is 3. The second-order valence-corrected chi connectivity index (χ2v) is 11.8. The van der Waals surface area contributed by atoms with Gasteiger partial charge in [-0.15, -0.1) is 0 Å². The first-order chi connectivity index (χ1) is 20.5. The van der Waals surface area contributed by atoms with Gasteiger partial charge in [-0.2, -0.15) is 0 Å². The highest BCUT2D eigenvalue weighted by atomic mass is 19.1. The van der Waals surface area contributed by atoms with E-state index in [1.165, 1.54) is 24.3 Å². The smallest absolute Gasteiger partial charge is 0.305 e. The van der Waals surface area contributed by atoms with Gasteiger partial charge in [-0.25, -0.2) is 9.29 Å². The fourth-order valence-corrected chi connectivity index (χ4v) is 7.39. The predicted molar refractivity (Wildman–Crippen MR) is 154 cm³/mol. The van der Waals surface area contributed by atoms with Gasteiger partial charge in [-0.1, -0.05) is 74.5 Å². The van der Waals surface area contributed by atoms with Gasteiger partial charge in [-0.3, -0.25) is 9.59 Å². The molecule has 0 saturated carbocycles. The summed E-state index contributed by atoms with van der Waals surface area (Å²) < 4.78 is 27.8. The first kappa shape index (κ1) is 29.4. The van der Waals surface area contributed by atoms with E-state index in [1.807, 2.05) is 24.8 Å². The summed E-state index contributed by atoms with van der Waals surface area (Å²) >= 11 is 0. The maximum atomic E-state index is 14.6. The Morgan fingerprint density at radius 3 is 2.23 bits per heavy atom. The normalized spacial score (nSPS) is 32.1. The number of epoxide rings is 1. The van der Waals surface area contributed by atoms with Crippen molar-refractivity contribution in [3.8, 4) is 0 Å². The topological polar surface area (TPSA) is 132 Å². The van der Waals surface area contributed by atoms with Gasteiger partial charge in [0.2, 0.25) is 5.60 Å². The quantitative estimate of drug-likeness (QED) is 0.276. The van der Waals surface area contributed by atoms with E-state index < -0.39 is 59.0 Å². The van der Waals surface area contributed by atoms with Crippen LogP contribution in [0.3, 0.4) is 0 Å². The van der Waals surface area contributed by atoms with E-state index in [-0.39, 0.29) is 18.9 Å². The Morgan fingerprint density at radius 1 is 1.00 bits per heavy atom. The highest BCUT2D eigenvalue weighted by molar-refractivity contribution is 6.03. The van der Waals surface area contributed by atoms with Gasteiger partial charge in [0.15, 0.2) is 17.1 Å². The lowest BCUT2D eigenvalue weighted by Crippen LogP contribution is -2.66. The lowest BCUT2D eigenvalue weighted by molar-refractivity contribution is -0.333. The summed E-state index contributed by atoms with van der Waals surface area (Å²) in [6, 6.07) is 23.1. The van der Waals surface area contributed by atoms with Crippen molar-refractivity contribution < 1.29 is 38.8 Å². The number of anilines is 1. The predicted octanol–water partition coefficient (Wildman–Crippen LogP) is 3.96.